The number of benzene rings is 1. The van der Waals surface area contributed by atoms with Crippen LogP contribution in [0.4, 0.5) is 0 Å². The standard InChI is InChI=1S/C10H12BrN.ClH/c11-9-5-3-8(4-6-9)10(12)7-1-2-7;/h3-7,10H,1-2,12H2;1H. The van der Waals surface area contributed by atoms with Crippen LogP contribution in [0, 0.1) is 5.92 Å². The van der Waals surface area contributed by atoms with Crippen LogP contribution in [0.3, 0.4) is 0 Å². The maximum Gasteiger partial charge on any atom is 0.0323 e. The maximum absolute atomic E-state index is 6.04. The summed E-state index contributed by atoms with van der Waals surface area (Å²) in [6.07, 6.45) is 2.61. The lowest BCUT2D eigenvalue weighted by Crippen LogP contribution is -2.11. The van der Waals surface area contributed by atoms with Crippen LogP contribution in [-0.4, -0.2) is 0 Å². The highest BCUT2D eigenvalue weighted by Gasteiger charge is 2.29. The van der Waals surface area contributed by atoms with Crippen LogP contribution in [0.15, 0.2) is 28.7 Å². The Hall–Kier alpha value is -0.0500. The highest BCUT2D eigenvalue weighted by atomic mass is 79.9. The Bertz CT molecular complexity index is 269. The number of nitrogens with two attached hydrogens (primary N) is 1. The molecule has 2 N–H and O–H groups in total. The molecule has 2 rings (SSSR count). The normalized spacial score (nSPS) is 17.7. The van der Waals surface area contributed by atoms with Crippen molar-refractivity contribution in [1.29, 1.82) is 0 Å². The van der Waals surface area contributed by atoms with Crippen molar-refractivity contribution in [2.75, 3.05) is 0 Å². The zero-order valence-corrected chi connectivity index (χ0v) is 9.64. The second-order valence-electron chi connectivity index (χ2n) is 3.41. The van der Waals surface area contributed by atoms with E-state index in [1.807, 2.05) is 0 Å². The summed E-state index contributed by atoms with van der Waals surface area (Å²) in [6, 6.07) is 8.58. The molecule has 1 aromatic carbocycles. The molecule has 0 saturated heterocycles. The predicted octanol–water partition coefficient (Wildman–Crippen LogP) is 3.28. The number of rotatable bonds is 2. The molecule has 1 unspecified atom stereocenters. The lowest BCUT2D eigenvalue weighted by atomic mass is 10.0. The van der Waals surface area contributed by atoms with E-state index in [0.29, 0.717) is 0 Å². The molecule has 1 fully saturated rings. The highest BCUT2D eigenvalue weighted by molar-refractivity contribution is 9.10. The first kappa shape index (κ1) is 11.0. The van der Waals surface area contributed by atoms with Crippen molar-refractivity contribution in [3.05, 3.63) is 34.3 Å². The number of hydrogen-bond donors (Lipinski definition) is 1. The van der Waals surface area contributed by atoms with Gasteiger partial charge in [0.25, 0.3) is 0 Å². The first-order chi connectivity index (χ1) is 5.77. The summed E-state index contributed by atoms with van der Waals surface area (Å²) < 4.78 is 1.12. The first-order valence-electron chi connectivity index (χ1n) is 4.28. The molecule has 0 spiro atoms. The van der Waals surface area contributed by atoms with Gasteiger partial charge < -0.3 is 5.73 Å². The molecule has 0 aromatic heterocycles. The van der Waals surface area contributed by atoms with E-state index in [0.717, 1.165) is 10.4 Å². The topological polar surface area (TPSA) is 26.0 Å². The van der Waals surface area contributed by atoms with Gasteiger partial charge in [-0.05, 0) is 36.5 Å². The lowest BCUT2D eigenvalue weighted by Gasteiger charge is -2.09. The Labute approximate surface area is 93.2 Å². The molecule has 1 aliphatic carbocycles. The fraction of sp³-hybridized carbons (Fsp3) is 0.400. The third kappa shape index (κ3) is 2.70. The second kappa shape index (κ2) is 4.45. The van der Waals surface area contributed by atoms with E-state index >= 15 is 0 Å². The Morgan fingerprint density at radius 2 is 1.77 bits per heavy atom. The Morgan fingerprint density at radius 3 is 2.23 bits per heavy atom. The molecule has 0 amide bonds. The summed E-state index contributed by atoms with van der Waals surface area (Å²) in [5.74, 6) is 0.742. The quantitative estimate of drug-likeness (QED) is 0.870. The van der Waals surface area contributed by atoms with Gasteiger partial charge >= 0.3 is 0 Å². The summed E-state index contributed by atoms with van der Waals surface area (Å²) in [5, 5.41) is 0. The van der Waals surface area contributed by atoms with Crippen molar-refractivity contribution in [1.82, 2.24) is 0 Å². The summed E-state index contributed by atoms with van der Waals surface area (Å²) in [6.45, 7) is 0. The van der Waals surface area contributed by atoms with Gasteiger partial charge in [0, 0.05) is 10.5 Å². The van der Waals surface area contributed by atoms with Gasteiger partial charge in [-0.15, -0.1) is 12.4 Å². The lowest BCUT2D eigenvalue weighted by molar-refractivity contribution is 0.633. The minimum Gasteiger partial charge on any atom is -0.324 e. The minimum absolute atomic E-state index is 0. The van der Waals surface area contributed by atoms with Gasteiger partial charge in [-0.25, -0.2) is 0 Å². The molecule has 0 aliphatic heterocycles. The van der Waals surface area contributed by atoms with Crippen molar-refractivity contribution in [2.45, 2.75) is 18.9 Å². The van der Waals surface area contributed by atoms with E-state index in [1.54, 1.807) is 0 Å². The molecule has 13 heavy (non-hydrogen) atoms. The molecule has 1 aliphatic rings. The molecule has 0 heterocycles. The van der Waals surface area contributed by atoms with E-state index in [4.69, 9.17) is 5.73 Å². The van der Waals surface area contributed by atoms with Crippen LogP contribution in [0.25, 0.3) is 0 Å². The smallest absolute Gasteiger partial charge is 0.0323 e. The van der Waals surface area contributed by atoms with Crippen molar-refractivity contribution in [3.8, 4) is 0 Å². The predicted molar refractivity (Wildman–Crippen MR) is 61.0 cm³/mol. The number of halogens is 2. The van der Waals surface area contributed by atoms with Crippen LogP contribution in [0.5, 0.6) is 0 Å². The summed E-state index contributed by atoms with van der Waals surface area (Å²) in [4.78, 5) is 0. The molecule has 72 valence electrons. The molecule has 1 aromatic rings. The van der Waals surface area contributed by atoms with Crippen LogP contribution in [-0.2, 0) is 0 Å². The van der Waals surface area contributed by atoms with Gasteiger partial charge in [0.1, 0.15) is 0 Å². The van der Waals surface area contributed by atoms with E-state index in [9.17, 15) is 0 Å². The zero-order chi connectivity index (χ0) is 8.55. The summed E-state index contributed by atoms with van der Waals surface area (Å²) in [7, 11) is 0. The van der Waals surface area contributed by atoms with Gasteiger partial charge in [0.2, 0.25) is 0 Å². The highest BCUT2D eigenvalue weighted by Crippen LogP contribution is 2.39. The van der Waals surface area contributed by atoms with Crippen molar-refractivity contribution in [3.63, 3.8) is 0 Å². The SMILES string of the molecule is Cl.NC(c1ccc(Br)cc1)C1CC1. The molecule has 1 nitrogen and oxygen atoms in total. The van der Waals surface area contributed by atoms with Gasteiger partial charge in [-0.2, -0.15) is 0 Å². The van der Waals surface area contributed by atoms with E-state index < -0.39 is 0 Å². The molecule has 0 radical (unpaired) electrons. The fourth-order valence-electron chi connectivity index (χ4n) is 1.41. The molecular formula is C10H13BrClN. The van der Waals surface area contributed by atoms with Crippen molar-refractivity contribution in [2.24, 2.45) is 11.7 Å². The van der Waals surface area contributed by atoms with Crippen LogP contribution in [0.1, 0.15) is 24.4 Å². The summed E-state index contributed by atoms with van der Waals surface area (Å²) >= 11 is 3.41. The largest absolute Gasteiger partial charge is 0.324 e. The van der Waals surface area contributed by atoms with E-state index in [2.05, 4.69) is 40.2 Å². The van der Waals surface area contributed by atoms with Gasteiger partial charge in [0.15, 0.2) is 0 Å². The minimum atomic E-state index is 0. The average Bonchev–Trinajstić information content (AvgIpc) is 2.87. The first-order valence-corrected chi connectivity index (χ1v) is 5.08. The maximum atomic E-state index is 6.04. The zero-order valence-electron chi connectivity index (χ0n) is 7.24. The molecule has 0 bridgehead atoms. The molecule has 3 heteroatoms. The van der Waals surface area contributed by atoms with Crippen LogP contribution in [0.2, 0.25) is 0 Å². The third-order valence-corrected chi connectivity index (χ3v) is 2.91. The van der Waals surface area contributed by atoms with E-state index in [1.165, 1.54) is 18.4 Å². The summed E-state index contributed by atoms with van der Waals surface area (Å²) in [5.41, 5.74) is 7.30. The average molecular weight is 263 g/mol. The molecule has 1 atom stereocenters. The van der Waals surface area contributed by atoms with Crippen molar-refractivity contribution < 1.29 is 0 Å². The van der Waals surface area contributed by atoms with Crippen LogP contribution >= 0.6 is 28.3 Å². The van der Waals surface area contributed by atoms with E-state index in [-0.39, 0.29) is 18.4 Å². The Morgan fingerprint density at radius 1 is 1.23 bits per heavy atom. The van der Waals surface area contributed by atoms with Crippen molar-refractivity contribution >= 4 is 28.3 Å². The fourth-order valence-corrected chi connectivity index (χ4v) is 1.68. The Balaban J connectivity index is 0.000000845. The second-order valence-corrected chi connectivity index (χ2v) is 4.33. The molecular weight excluding hydrogens is 249 g/mol. The third-order valence-electron chi connectivity index (χ3n) is 2.38. The number of hydrogen-bond acceptors (Lipinski definition) is 1. The van der Waals surface area contributed by atoms with Gasteiger partial charge in [0.05, 0.1) is 0 Å². The Kier molecular flexibility index (Phi) is 3.77. The molecule has 1 saturated carbocycles. The van der Waals surface area contributed by atoms with Gasteiger partial charge in [-0.3, -0.25) is 0 Å². The van der Waals surface area contributed by atoms with Crippen LogP contribution < -0.4 is 5.73 Å². The monoisotopic (exact) mass is 261 g/mol. The van der Waals surface area contributed by atoms with Gasteiger partial charge in [-0.1, -0.05) is 28.1 Å².